The Morgan fingerprint density at radius 1 is 1.13 bits per heavy atom. The third-order valence-electron chi connectivity index (χ3n) is 5.12. The molecule has 2 N–H and O–H groups in total. The summed E-state index contributed by atoms with van der Waals surface area (Å²) in [5, 5.41) is 13.3. The molecule has 4 nitrogen and oxygen atoms in total. The molecule has 0 radical (unpaired) electrons. The Morgan fingerprint density at radius 3 is 2.61 bits per heavy atom. The number of benzene rings is 1. The summed E-state index contributed by atoms with van der Waals surface area (Å²) >= 11 is 0. The van der Waals surface area contributed by atoms with E-state index in [9.17, 15) is 9.90 Å². The first-order valence-electron chi connectivity index (χ1n) is 9.01. The largest absolute Gasteiger partial charge is 0.390 e. The SMILES string of the molecule is O=C(CCN1CCCCCCC1)N[C@H]1c2ccccc2C[C@H]1O. The summed E-state index contributed by atoms with van der Waals surface area (Å²) in [6.45, 7) is 3.06. The van der Waals surface area contributed by atoms with E-state index in [1.807, 2.05) is 24.3 Å². The molecule has 1 amide bonds. The second kappa shape index (κ2) is 7.93. The van der Waals surface area contributed by atoms with Crippen molar-refractivity contribution in [2.45, 2.75) is 57.1 Å². The van der Waals surface area contributed by atoms with Crippen LogP contribution in [0, 0.1) is 0 Å². The maximum Gasteiger partial charge on any atom is 0.221 e. The number of aliphatic hydroxyl groups excluding tert-OH is 1. The number of likely N-dealkylation sites (tertiary alicyclic amines) is 1. The van der Waals surface area contributed by atoms with E-state index in [2.05, 4.69) is 10.2 Å². The number of nitrogens with zero attached hydrogens (tertiary/aromatic N) is 1. The van der Waals surface area contributed by atoms with Gasteiger partial charge in [-0.1, -0.05) is 43.5 Å². The Labute approximate surface area is 138 Å². The Kier molecular flexibility index (Phi) is 5.68. The topological polar surface area (TPSA) is 52.6 Å². The highest BCUT2D eigenvalue weighted by Crippen LogP contribution is 2.31. The summed E-state index contributed by atoms with van der Waals surface area (Å²) in [5.41, 5.74) is 2.22. The standard InChI is InChI=1S/C19H28N2O2/c22-17-14-15-8-4-5-9-16(15)19(17)20-18(23)10-13-21-11-6-2-1-3-7-12-21/h4-5,8-9,17,19,22H,1-3,6-7,10-14H2,(H,20,23)/t17-,19+/m1/s1. The summed E-state index contributed by atoms with van der Waals surface area (Å²) in [7, 11) is 0. The summed E-state index contributed by atoms with van der Waals surface area (Å²) in [5.74, 6) is 0.0489. The first-order valence-corrected chi connectivity index (χ1v) is 9.01. The van der Waals surface area contributed by atoms with Crippen molar-refractivity contribution in [1.29, 1.82) is 0 Å². The van der Waals surface area contributed by atoms with Crippen molar-refractivity contribution >= 4 is 5.91 Å². The zero-order valence-corrected chi connectivity index (χ0v) is 13.8. The number of carbonyl (C=O) groups excluding carboxylic acids is 1. The van der Waals surface area contributed by atoms with Crippen LogP contribution in [0.1, 0.15) is 55.7 Å². The fourth-order valence-corrected chi connectivity index (χ4v) is 3.79. The molecule has 1 fully saturated rings. The Balaban J connectivity index is 1.49. The zero-order valence-electron chi connectivity index (χ0n) is 13.8. The van der Waals surface area contributed by atoms with Gasteiger partial charge in [0.25, 0.3) is 0 Å². The molecule has 1 heterocycles. The molecule has 0 aromatic heterocycles. The quantitative estimate of drug-likeness (QED) is 0.897. The number of nitrogens with one attached hydrogen (secondary N) is 1. The summed E-state index contributed by atoms with van der Waals surface area (Å²) in [4.78, 5) is 14.7. The van der Waals surface area contributed by atoms with Crippen LogP contribution in [0.5, 0.6) is 0 Å². The molecule has 2 atom stereocenters. The molecule has 2 aliphatic rings. The van der Waals surface area contributed by atoms with Crippen LogP contribution in [0.25, 0.3) is 0 Å². The molecule has 0 unspecified atom stereocenters. The molecule has 1 aliphatic heterocycles. The fourth-order valence-electron chi connectivity index (χ4n) is 3.79. The van der Waals surface area contributed by atoms with Gasteiger partial charge >= 0.3 is 0 Å². The lowest BCUT2D eigenvalue weighted by molar-refractivity contribution is -0.123. The van der Waals surface area contributed by atoms with Crippen LogP contribution in [-0.2, 0) is 11.2 Å². The third kappa shape index (κ3) is 4.33. The van der Waals surface area contributed by atoms with Gasteiger partial charge in [-0.15, -0.1) is 0 Å². The van der Waals surface area contributed by atoms with Gasteiger partial charge in [-0.3, -0.25) is 4.79 Å². The number of carbonyl (C=O) groups is 1. The van der Waals surface area contributed by atoms with Crippen LogP contribution >= 0.6 is 0 Å². The van der Waals surface area contributed by atoms with Gasteiger partial charge in [0.05, 0.1) is 12.1 Å². The average molecular weight is 316 g/mol. The lowest BCUT2D eigenvalue weighted by Crippen LogP contribution is -2.37. The van der Waals surface area contributed by atoms with Crippen molar-refractivity contribution in [3.8, 4) is 0 Å². The van der Waals surface area contributed by atoms with Crippen LogP contribution in [0.4, 0.5) is 0 Å². The second-order valence-electron chi connectivity index (χ2n) is 6.87. The van der Waals surface area contributed by atoms with Crippen LogP contribution in [0.3, 0.4) is 0 Å². The number of hydrogen-bond donors (Lipinski definition) is 2. The van der Waals surface area contributed by atoms with Gasteiger partial charge in [-0.25, -0.2) is 0 Å². The molecule has 0 saturated carbocycles. The minimum Gasteiger partial charge on any atom is -0.390 e. The van der Waals surface area contributed by atoms with E-state index in [1.54, 1.807) is 0 Å². The van der Waals surface area contributed by atoms with Gasteiger partial charge < -0.3 is 15.3 Å². The lowest BCUT2D eigenvalue weighted by Gasteiger charge is -2.25. The number of amides is 1. The van der Waals surface area contributed by atoms with E-state index in [-0.39, 0.29) is 11.9 Å². The van der Waals surface area contributed by atoms with Gasteiger partial charge in [0.2, 0.25) is 5.91 Å². The molecule has 23 heavy (non-hydrogen) atoms. The Hall–Kier alpha value is -1.39. The van der Waals surface area contributed by atoms with E-state index in [0.717, 1.165) is 30.8 Å². The number of fused-ring (bicyclic) bond motifs is 1. The first kappa shape index (κ1) is 16.5. The molecular formula is C19H28N2O2. The van der Waals surface area contributed by atoms with E-state index < -0.39 is 6.10 Å². The summed E-state index contributed by atoms with van der Waals surface area (Å²) < 4.78 is 0. The maximum absolute atomic E-state index is 12.3. The van der Waals surface area contributed by atoms with Crippen molar-refractivity contribution in [1.82, 2.24) is 10.2 Å². The Bertz CT molecular complexity index is 524. The molecule has 1 aliphatic carbocycles. The van der Waals surface area contributed by atoms with Gasteiger partial charge in [0, 0.05) is 19.4 Å². The minimum atomic E-state index is -0.502. The molecular weight excluding hydrogens is 288 g/mol. The van der Waals surface area contributed by atoms with Gasteiger partial charge in [-0.2, -0.15) is 0 Å². The molecule has 3 rings (SSSR count). The van der Waals surface area contributed by atoms with Gasteiger partial charge in [0.1, 0.15) is 0 Å². The smallest absolute Gasteiger partial charge is 0.221 e. The van der Waals surface area contributed by atoms with E-state index >= 15 is 0 Å². The summed E-state index contributed by atoms with van der Waals surface area (Å²) in [6, 6.07) is 7.75. The molecule has 0 bridgehead atoms. The number of hydrogen-bond acceptors (Lipinski definition) is 3. The molecule has 4 heteroatoms. The molecule has 126 valence electrons. The van der Waals surface area contributed by atoms with Crippen molar-refractivity contribution in [3.05, 3.63) is 35.4 Å². The fraction of sp³-hybridized carbons (Fsp3) is 0.632. The summed E-state index contributed by atoms with van der Waals surface area (Å²) in [6.07, 6.45) is 7.12. The number of rotatable bonds is 4. The zero-order chi connectivity index (χ0) is 16.1. The highest BCUT2D eigenvalue weighted by molar-refractivity contribution is 5.77. The highest BCUT2D eigenvalue weighted by Gasteiger charge is 2.31. The van der Waals surface area contributed by atoms with Gasteiger partial charge in [-0.05, 0) is 37.1 Å². The Morgan fingerprint density at radius 2 is 1.83 bits per heavy atom. The first-order chi connectivity index (χ1) is 11.2. The highest BCUT2D eigenvalue weighted by atomic mass is 16.3. The lowest BCUT2D eigenvalue weighted by atomic mass is 10.1. The van der Waals surface area contributed by atoms with E-state index in [4.69, 9.17) is 0 Å². The predicted molar refractivity (Wildman–Crippen MR) is 91.2 cm³/mol. The normalized spacial score (nSPS) is 25.4. The van der Waals surface area contributed by atoms with Crippen LogP contribution in [0.15, 0.2) is 24.3 Å². The molecule has 0 spiro atoms. The maximum atomic E-state index is 12.3. The minimum absolute atomic E-state index is 0.0489. The van der Waals surface area contributed by atoms with Crippen LogP contribution < -0.4 is 5.32 Å². The molecule has 1 aromatic rings. The predicted octanol–water partition coefficient (Wildman–Crippen LogP) is 2.42. The van der Waals surface area contributed by atoms with Crippen LogP contribution in [0.2, 0.25) is 0 Å². The second-order valence-corrected chi connectivity index (χ2v) is 6.87. The van der Waals surface area contributed by atoms with Crippen molar-refractivity contribution in [2.75, 3.05) is 19.6 Å². The monoisotopic (exact) mass is 316 g/mol. The van der Waals surface area contributed by atoms with E-state index in [0.29, 0.717) is 12.8 Å². The van der Waals surface area contributed by atoms with E-state index in [1.165, 1.54) is 32.1 Å². The molecule has 1 saturated heterocycles. The van der Waals surface area contributed by atoms with Crippen LogP contribution in [-0.4, -0.2) is 41.7 Å². The average Bonchev–Trinajstić information content (AvgIpc) is 2.82. The van der Waals surface area contributed by atoms with Gasteiger partial charge in [0.15, 0.2) is 0 Å². The van der Waals surface area contributed by atoms with Crippen molar-refractivity contribution in [3.63, 3.8) is 0 Å². The molecule has 1 aromatic carbocycles. The van der Waals surface area contributed by atoms with Crippen molar-refractivity contribution in [2.24, 2.45) is 0 Å². The number of aliphatic hydroxyl groups is 1. The van der Waals surface area contributed by atoms with Crippen molar-refractivity contribution < 1.29 is 9.90 Å². The third-order valence-corrected chi connectivity index (χ3v) is 5.12.